The number of amides is 1. The third kappa shape index (κ3) is 4.75. The molecule has 6 nitrogen and oxygen atoms in total. The minimum Gasteiger partial charge on any atom is -0.497 e. The summed E-state index contributed by atoms with van der Waals surface area (Å²) < 4.78 is 10.7. The standard InChI is InChI=1S/C26H25NO5/c1-31-19-12-10-17(11-13-19)14-18(15-25(28)29)27-26(30)32-16-24-22-8-4-2-6-20(22)21-7-3-5-9-23(21)24/h2-13,18,24H,14-16H2,1H3,(H,27,30)(H,28,29)/t18-/m1/s1. The maximum atomic E-state index is 12.6. The Morgan fingerprint density at radius 2 is 1.53 bits per heavy atom. The Bertz CT molecular complexity index is 1060. The second kappa shape index (κ2) is 9.56. The Labute approximate surface area is 186 Å². The Morgan fingerprint density at radius 3 is 2.09 bits per heavy atom. The second-order valence-electron chi connectivity index (χ2n) is 7.82. The first kappa shape index (κ1) is 21.4. The van der Waals surface area contributed by atoms with Crippen LogP contribution in [-0.2, 0) is 16.0 Å². The van der Waals surface area contributed by atoms with E-state index < -0.39 is 18.1 Å². The molecular formula is C26H25NO5. The van der Waals surface area contributed by atoms with Crippen molar-refractivity contribution in [3.05, 3.63) is 89.5 Å². The fourth-order valence-corrected chi connectivity index (χ4v) is 4.24. The molecule has 6 heteroatoms. The third-order valence-electron chi connectivity index (χ3n) is 5.73. The Kier molecular flexibility index (Phi) is 6.40. The van der Waals surface area contributed by atoms with E-state index in [-0.39, 0.29) is 18.9 Å². The van der Waals surface area contributed by atoms with Crippen LogP contribution in [-0.4, -0.2) is 36.9 Å². The monoisotopic (exact) mass is 431 g/mol. The average molecular weight is 431 g/mol. The fraction of sp³-hybridized carbons (Fsp3) is 0.231. The van der Waals surface area contributed by atoms with Gasteiger partial charge in [0.15, 0.2) is 0 Å². The van der Waals surface area contributed by atoms with Crippen LogP contribution >= 0.6 is 0 Å². The highest BCUT2D eigenvalue weighted by atomic mass is 16.5. The van der Waals surface area contributed by atoms with Crippen LogP contribution in [0.4, 0.5) is 4.79 Å². The number of nitrogens with one attached hydrogen (secondary N) is 1. The topological polar surface area (TPSA) is 84.9 Å². The predicted molar refractivity (Wildman–Crippen MR) is 121 cm³/mol. The van der Waals surface area contributed by atoms with Gasteiger partial charge in [0, 0.05) is 12.0 Å². The molecule has 3 aromatic rings. The van der Waals surface area contributed by atoms with E-state index in [1.165, 1.54) is 0 Å². The van der Waals surface area contributed by atoms with E-state index in [0.29, 0.717) is 12.2 Å². The van der Waals surface area contributed by atoms with Crippen LogP contribution in [0.3, 0.4) is 0 Å². The summed E-state index contributed by atoms with van der Waals surface area (Å²) in [6, 6.07) is 23.0. The summed E-state index contributed by atoms with van der Waals surface area (Å²) in [6.45, 7) is 0.183. The van der Waals surface area contributed by atoms with Crippen LogP contribution in [0, 0.1) is 0 Å². The molecule has 1 aliphatic rings. The van der Waals surface area contributed by atoms with Gasteiger partial charge in [-0.25, -0.2) is 4.79 Å². The number of hydrogen-bond acceptors (Lipinski definition) is 4. The largest absolute Gasteiger partial charge is 0.497 e. The number of carboxylic acid groups (broad SMARTS) is 1. The minimum atomic E-state index is -0.984. The van der Waals surface area contributed by atoms with E-state index in [4.69, 9.17) is 9.47 Å². The lowest BCUT2D eigenvalue weighted by Crippen LogP contribution is -2.39. The first-order chi connectivity index (χ1) is 15.5. The molecule has 164 valence electrons. The summed E-state index contributed by atoms with van der Waals surface area (Å²) in [4.78, 5) is 23.9. The first-order valence-electron chi connectivity index (χ1n) is 10.5. The summed E-state index contributed by atoms with van der Waals surface area (Å²) in [5.41, 5.74) is 5.46. The van der Waals surface area contributed by atoms with E-state index in [9.17, 15) is 14.7 Å². The molecule has 0 fully saturated rings. The molecule has 0 saturated heterocycles. The van der Waals surface area contributed by atoms with Crippen LogP contribution in [0.1, 0.15) is 29.0 Å². The van der Waals surface area contributed by atoms with Gasteiger partial charge < -0.3 is 19.9 Å². The number of carbonyl (C=O) groups excluding carboxylic acids is 1. The number of aliphatic carboxylic acids is 1. The molecule has 0 aliphatic heterocycles. The lowest BCUT2D eigenvalue weighted by Gasteiger charge is -2.19. The van der Waals surface area contributed by atoms with Crippen LogP contribution in [0.2, 0.25) is 0 Å². The summed E-state index contributed by atoms with van der Waals surface area (Å²) in [5.74, 6) is -0.317. The number of benzene rings is 3. The molecule has 0 saturated carbocycles. The molecule has 0 unspecified atom stereocenters. The average Bonchev–Trinajstić information content (AvgIpc) is 3.11. The van der Waals surface area contributed by atoms with E-state index in [1.54, 1.807) is 19.2 Å². The van der Waals surface area contributed by atoms with Crippen molar-refractivity contribution in [2.75, 3.05) is 13.7 Å². The first-order valence-corrected chi connectivity index (χ1v) is 10.5. The zero-order valence-corrected chi connectivity index (χ0v) is 17.8. The van der Waals surface area contributed by atoms with Gasteiger partial charge in [0.2, 0.25) is 0 Å². The molecule has 1 amide bonds. The highest BCUT2D eigenvalue weighted by Crippen LogP contribution is 2.44. The summed E-state index contributed by atoms with van der Waals surface area (Å²) in [6.07, 6.45) is -0.442. The van der Waals surface area contributed by atoms with Gasteiger partial charge in [0.05, 0.1) is 13.5 Å². The number of rotatable bonds is 8. The van der Waals surface area contributed by atoms with Crippen molar-refractivity contribution in [3.63, 3.8) is 0 Å². The number of carbonyl (C=O) groups is 2. The van der Waals surface area contributed by atoms with E-state index >= 15 is 0 Å². The van der Waals surface area contributed by atoms with Gasteiger partial charge in [-0.1, -0.05) is 60.7 Å². The van der Waals surface area contributed by atoms with E-state index in [0.717, 1.165) is 27.8 Å². The van der Waals surface area contributed by atoms with Crippen LogP contribution in [0.15, 0.2) is 72.8 Å². The molecule has 32 heavy (non-hydrogen) atoms. The number of ether oxygens (including phenoxy) is 2. The predicted octanol–water partition coefficient (Wildman–Crippen LogP) is 4.62. The number of carboxylic acids is 1. The molecule has 3 aromatic carbocycles. The van der Waals surface area contributed by atoms with Crippen molar-refractivity contribution in [2.24, 2.45) is 0 Å². The zero-order chi connectivity index (χ0) is 22.5. The normalized spacial score (nSPS) is 13.0. The molecule has 0 bridgehead atoms. The smallest absolute Gasteiger partial charge is 0.407 e. The van der Waals surface area contributed by atoms with E-state index in [1.807, 2.05) is 36.4 Å². The van der Waals surface area contributed by atoms with Crippen molar-refractivity contribution < 1.29 is 24.2 Å². The lowest BCUT2D eigenvalue weighted by atomic mass is 9.98. The molecule has 4 rings (SSSR count). The van der Waals surface area contributed by atoms with Crippen LogP contribution in [0.25, 0.3) is 11.1 Å². The maximum absolute atomic E-state index is 12.6. The van der Waals surface area contributed by atoms with Gasteiger partial charge in [-0.2, -0.15) is 0 Å². The van der Waals surface area contributed by atoms with E-state index in [2.05, 4.69) is 29.6 Å². The Hall–Kier alpha value is -3.80. The molecule has 1 aliphatic carbocycles. The summed E-state index contributed by atoms with van der Waals surface area (Å²) >= 11 is 0. The van der Waals surface area contributed by atoms with Crippen LogP contribution < -0.4 is 10.1 Å². The van der Waals surface area contributed by atoms with Gasteiger partial charge in [-0.3, -0.25) is 4.79 Å². The second-order valence-corrected chi connectivity index (χ2v) is 7.82. The van der Waals surface area contributed by atoms with Crippen molar-refractivity contribution >= 4 is 12.1 Å². The molecule has 0 heterocycles. The van der Waals surface area contributed by atoms with Gasteiger partial charge in [0.25, 0.3) is 0 Å². The molecule has 0 aromatic heterocycles. The zero-order valence-electron chi connectivity index (χ0n) is 17.8. The quantitative estimate of drug-likeness (QED) is 0.544. The highest BCUT2D eigenvalue weighted by molar-refractivity contribution is 5.79. The molecular weight excluding hydrogens is 406 g/mol. The molecule has 2 N–H and O–H groups in total. The van der Waals surface area contributed by atoms with Gasteiger partial charge in [-0.15, -0.1) is 0 Å². The maximum Gasteiger partial charge on any atom is 0.407 e. The van der Waals surface area contributed by atoms with Crippen LogP contribution in [0.5, 0.6) is 5.75 Å². The number of hydrogen-bond donors (Lipinski definition) is 2. The van der Waals surface area contributed by atoms with Gasteiger partial charge in [-0.05, 0) is 46.4 Å². The lowest BCUT2D eigenvalue weighted by molar-refractivity contribution is -0.137. The molecule has 0 spiro atoms. The number of alkyl carbamates (subject to hydrolysis) is 1. The molecule has 1 atom stereocenters. The Balaban J connectivity index is 1.41. The van der Waals surface area contributed by atoms with Crippen molar-refractivity contribution in [2.45, 2.75) is 24.8 Å². The van der Waals surface area contributed by atoms with Gasteiger partial charge >= 0.3 is 12.1 Å². The highest BCUT2D eigenvalue weighted by Gasteiger charge is 2.29. The number of fused-ring (bicyclic) bond motifs is 3. The van der Waals surface area contributed by atoms with Gasteiger partial charge in [0.1, 0.15) is 12.4 Å². The Morgan fingerprint density at radius 1 is 0.938 bits per heavy atom. The van der Waals surface area contributed by atoms with Crippen molar-refractivity contribution in [1.29, 1.82) is 0 Å². The third-order valence-corrected chi connectivity index (χ3v) is 5.73. The summed E-state index contributed by atoms with van der Waals surface area (Å²) in [5, 5.41) is 12.0. The van der Waals surface area contributed by atoms with Crippen molar-refractivity contribution in [3.8, 4) is 16.9 Å². The summed E-state index contributed by atoms with van der Waals surface area (Å²) in [7, 11) is 1.58. The minimum absolute atomic E-state index is 0.0485. The SMILES string of the molecule is COc1ccc(C[C@H](CC(=O)O)NC(=O)OCC2c3ccccc3-c3ccccc32)cc1. The fourth-order valence-electron chi connectivity index (χ4n) is 4.24. The van der Waals surface area contributed by atoms with Crippen molar-refractivity contribution in [1.82, 2.24) is 5.32 Å². The number of methoxy groups -OCH3 is 1. The molecule has 0 radical (unpaired) electrons.